The highest BCUT2D eigenvalue weighted by atomic mass is 35.5. The van der Waals surface area contributed by atoms with Crippen LogP contribution in [0.4, 0.5) is 0 Å². The molecule has 2 rings (SSSR count). The predicted molar refractivity (Wildman–Crippen MR) is 96.5 cm³/mol. The van der Waals surface area contributed by atoms with E-state index in [4.69, 9.17) is 11.6 Å². The van der Waals surface area contributed by atoms with Gasteiger partial charge in [-0.1, -0.05) is 36.7 Å². The summed E-state index contributed by atoms with van der Waals surface area (Å²) in [5.41, 5.74) is 3.55. The molecular weight excluding hydrogens is 314 g/mol. The standard InChI is InChI=1S/C18H22ClNOS/c1-2-9-20-18(14-5-3-6-16(19)12-14)17(7-4-10-21)15-8-11-22-13-15/h3,5-8,11-13,18,20-21H,2,4,9-10H2,1H3/b17-7+/t18-/m1/s1. The largest absolute Gasteiger partial charge is 0.396 e. The molecule has 0 aliphatic rings. The molecule has 0 bridgehead atoms. The lowest BCUT2D eigenvalue weighted by Crippen LogP contribution is -2.23. The zero-order valence-electron chi connectivity index (χ0n) is 12.8. The second-order valence-corrected chi connectivity index (χ2v) is 6.34. The molecule has 0 aliphatic carbocycles. The van der Waals surface area contributed by atoms with E-state index in [1.54, 1.807) is 11.3 Å². The van der Waals surface area contributed by atoms with E-state index in [-0.39, 0.29) is 12.6 Å². The van der Waals surface area contributed by atoms with Crippen molar-refractivity contribution in [1.82, 2.24) is 5.32 Å². The van der Waals surface area contributed by atoms with Gasteiger partial charge in [0.1, 0.15) is 0 Å². The van der Waals surface area contributed by atoms with E-state index in [9.17, 15) is 5.11 Å². The second-order valence-electron chi connectivity index (χ2n) is 5.13. The molecule has 0 saturated heterocycles. The van der Waals surface area contributed by atoms with Crippen LogP contribution in [-0.4, -0.2) is 18.3 Å². The summed E-state index contributed by atoms with van der Waals surface area (Å²) < 4.78 is 0. The molecule has 1 aromatic carbocycles. The first-order valence-electron chi connectivity index (χ1n) is 7.58. The Morgan fingerprint density at radius 3 is 2.91 bits per heavy atom. The van der Waals surface area contributed by atoms with Gasteiger partial charge in [-0.3, -0.25) is 0 Å². The van der Waals surface area contributed by atoms with Gasteiger partial charge in [0.05, 0.1) is 6.04 Å². The van der Waals surface area contributed by atoms with E-state index < -0.39 is 0 Å². The maximum absolute atomic E-state index is 9.20. The summed E-state index contributed by atoms with van der Waals surface area (Å²) in [5.74, 6) is 0. The highest BCUT2D eigenvalue weighted by molar-refractivity contribution is 7.08. The SMILES string of the molecule is CCCN[C@@H](/C(=C/CCO)c1ccsc1)c1cccc(Cl)c1. The molecule has 2 N–H and O–H groups in total. The van der Waals surface area contributed by atoms with Crippen molar-refractivity contribution in [1.29, 1.82) is 0 Å². The van der Waals surface area contributed by atoms with Gasteiger partial charge in [0, 0.05) is 11.6 Å². The van der Waals surface area contributed by atoms with Crippen LogP contribution in [0, 0.1) is 0 Å². The average Bonchev–Trinajstić information content (AvgIpc) is 3.04. The number of rotatable bonds is 8. The summed E-state index contributed by atoms with van der Waals surface area (Å²) in [6.07, 6.45) is 3.83. The Morgan fingerprint density at radius 1 is 1.41 bits per heavy atom. The molecule has 0 radical (unpaired) electrons. The molecule has 0 unspecified atom stereocenters. The quantitative estimate of drug-likeness (QED) is 0.718. The van der Waals surface area contributed by atoms with Crippen LogP contribution < -0.4 is 5.32 Å². The Hall–Kier alpha value is -1.13. The molecule has 1 atom stereocenters. The van der Waals surface area contributed by atoms with E-state index in [1.807, 2.05) is 18.2 Å². The number of hydrogen-bond donors (Lipinski definition) is 2. The zero-order valence-corrected chi connectivity index (χ0v) is 14.3. The van der Waals surface area contributed by atoms with Crippen molar-refractivity contribution in [2.45, 2.75) is 25.8 Å². The fourth-order valence-corrected chi connectivity index (χ4v) is 3.30. The molecule has 2 aromatic rings. The normalized spacial score (nSPS) is 13.3. The van der Waals surface area contributed by atoms with Crippen molar-refractivity contribution in [2.24, 2.45) is 0 Å². The van der Waals surface area contributed by atoms with Crippen LogP contribution in [-0.2, 0) is 0 Å². The summed E-state index contributed by atoms with van der Waals surface area (Å²) in [7, 11) is 0. The molecular formula is C18H22ClNOS. The van der Waals surface area contributed by atoms with Crippen molar-refractivity contribution < 1.29 is 5.11 Å². The lowest BCUT2D eigenvalue weighted by molar-refractivity contribution is 0.302. The van der Waals surface area contributed by atoms with Gasteiger partial charge in [-0.15, -0.1) is 0 Å². The monoisotopic (exact) mass is 335 g/mol. The molecule has 2 nitrogen and oxygen atoms in total. The minimum absolute atomic E-state index is 0.0831. The lowest BCUT2D eigenvalue weighted by atomic mass is 9.93. The van der Waals surface area contributed by atoms with Crippen LogP contribution in [0.3, 0.4) is 0 Å². The summed E-state index contributed by atoms with van der Waals surface area (Å²) in [6.45, 7) is 3.24. The molecule has 0 fully saturated rings. The van der Waals surface area contributed by atoms with Gasteiger partial charge in [0.15, 0.2) is 0 Å². The molecule has 118 valence electrons. The summed E-state index contributed by atoms with van der Waals surface area (Å²) in [5, 5.41) is 17.8. The number of thiophene rings is 1. The Balaban J connectivity index is 2.40. The second kappa shape index (κ2) is 9.11. The van der Waals surface area contributed by atoms with Crippen molar-refractivity contribution >= 4 is 28.5 Å². The average molecular weight is 336 g/mol. The lowest BCUT2D eigenvalue weighted by Gasteiger charge is -2.23. The van der Waals surface area contributed by atoms with Gasteiger partial charge in [0.2, 0.25) is 0 Å². The summed E-state index contributed by atoms with van der Waals surface area (Å²) in [4.78, 5) is 0. The van der Waals surface area contributed by atoms with Gasteiger partial charge in [-0.05, 0) is 65.0 Å². The minimum atomic E-state index is 0.0831. The maximum atomic E-state index is 9.20. The Labute approximate surface area is 141 Å². The first kappa shape index (κ1) is 17.2. The van der Waals surface area contributed by atoms with E-state index in [1.165, 1.54) is 11.1 Å². The van der Waals surface area contributed by atoms with Crippen molar-refractivity contribution in [2.75, 3.05) is 13.2 Å². The highest BCUT2D eigenvalue weighted by Crippen LogP contribution is 2.32. The van der Waals surface area contributed by atoms with Crippen molar-refractivity contribution in [3.05, 3.63) is 63.3 Å². The molecule has 0 saturated carbocycles. The Kier molecular flexibility index (Phi) is 7.13. The van der Waals surface area contributed by atoms with Gasteiger partial charge >= 0.3 is 0 Å². The molecule has 0 aliphatic heterocycles. The zero-order chi connectivity index (χ0) is 15.8. The minimum Gasteiger partial charge on any atom is -0.396 e. The van der Waals surface area contributed by atoms with E-state index in [0.29, 0.717) is 6.42 Å². The van der Waals surface area contributed by atoms with Gasteiger partial charge < -0.3 is 10.4 Å². The fourth-order valence-electron chi connectivity index (χ4n) is 2.43. The number of benzene rings is 1. The number of aliphatic hydroxyl groups excluding tert-OH is 1. The third-order valence-corrected chi connectivity index (χ3v) is 4.36. The number of nitrogens with one attached hydrogen (secondary N) is 1. The van der Waals surface area contributed by atoms with Crippen LogP contribution in [0.2, 0.25) is 5.02 Å². The van der Waals surface area contributed by atoms with Gasteiger partial charge in [0.25, 0.3) is 0 Å². The third kappa shape index (κ3) is 4.68. The predicted octanol–water partition coefficient (Wildman–Crippen LogP) is 4.91. The molecule has 0 amide bonds. The van der Waals surface area contributed by atoms with Gasteiger partial charge in [-0.25, -0.2) is 0 Å². The topological polar surface area (TPSA) is 32.3 Å². The Morgan fingerprint density at radius 2 is 2.27 bits per heavy atom. The number of aliphatic hydroxyl groups is 1. The summed E-state index contributed by atoms with van der Waals surface area (Å²) in [6, 6.07) is 10.2. The van der Waals surface area contributed by atoms with Crippen molar-refractivity contribution in [3.8, 4) is 0 Å². The Bertz CT molecular complexity index is 595. The van der Waals surface area contributed by atoms with E-state index >= 15 is 0 Å². The smallest absolute Gasteiger partial charge is 0.0580 e. The van der Waals surface area contributed by atoms with E-state index in [2.05, 4.69) is 41.2 Å². The van der Waals surface area contributed by atoms with E-state index in [0.717, 1.165) is 23.6 Å². The van der Waals surface area contributed by atoms with Crippen molar-refractivity contribution in [3.63, 3.8) is 0 Å². The van der Waals surface area contributed by atoms with Crippen LogP contribution >= 0.6 is 22.9 Å². The van der Waals surface area contributed by atoms with Crippen LogP contribution in [0.5, 0.6) is 0 Å². The maximum Gasteiger partial charge on any atom is 0.0580 e. The molecule has 0 spiro atoms. The molecule has 1 heterocycles. The highest BCUT2D eigenvalue weighted by Gasteiger charge is 2.18. The first-order valence-corrected chi connectivity index (χ1v) is 8.90. The third-order valence-electron chi connectivity index (χ3n) is 3.44. The van der Waals surface area contributed by atoms with Gasteiger partial charge in [-0.2, -0.15) is 11.3 Å². The van der Waals surface area contributed by atoms with Crippen LogP contribution in [0.1, 0.15) is 36.9 Å². The van der Waals surface area contributed by atoms with Crippen LogP contribution in [0.25, 0.3) is 5.57 Å². The number of hydrogen-bond acceptors (Lipinski definition) is 3. The first-order chi connectivity index (χ1) is 10.8. The molecule has 22 heavy (non-hydrogen) atoms. The molecule has 4 heteroatoms. The molecule has 1 aromatic heterocycles. The van der Waals surface area contributed by atoms with Crippen LogP contribution in [0.15, 0.2) is 47.2 Å². The summed E-state index contributed by atoms with van der Waals surface area (Å²) >= 11 is 7.86. The fraction of sp³-hybridized carbons (Fsp3) is 0.333. The number of halogens is 1.